The lowest BCUT2D eigenvalue weighted by Gasteiger charge is -2.23. The Morgan fingerprint density at radius 3 is 1.50 bits per heavy atom. The molecule has 0 saturated carbocycles. The largest absolute Gasteiger partial charge is 0.478 e. The number of hydrogen-bond acceptors (Lipinski definition) is 8. The molecular weight excluding hydrogens is 594 g/mol. The molecule has 3 amide bonds. The lowest BCUT2D eigenvalue weighted by atomic mass is 10.1. The molecule has 2 atom stereocenters. The Bertz CT molecular complexity index is 1740. The molecule has 4 aromatic carbocycles. The number of rotatable bonds is 10. The number of amides is 3. The van der Waals surface area contributed by atoms with Crippen LogP contribution < -0.4 is 16.2 Å². The zero-order chi connectivity index (χ0) is 33.2. The van der Waals surface area contributed by atoms with Crippen molar-refractivity contribution < 1.29 is 43.3 Å². The number of aliphatic carboxylic acids is 1. The van der Waals surface area contributed by atoms with E-state index in [-0.39, 0.29) is 22.6 Å². The predicted octanol–water partition coefficient (Wildman–Crippen LogP) is 3.85. The number of aryl methyl sites for hydroxylation is 2. The zero-order valence-electron chi connectivity index (χ0n) is 24.7. The van der Waals surface area contributed by atoms with Crippen LogP contribution in [0.15, 0.2) is 103 Å². The summed E-state index contributed by atoms with van der Waals surface area (Å²) in [5.41, 5.74) is 6.71. The normalized spacial score (nSPS) is 11.7. The molecule has 0 unspecified atom stereocenters. The van der Waals surface area contributed by atoms with E-state index in [4.69, 9.17) is 9.47 Å². The quantitative estimate of drug-likeness (QED) is 0.151. The Hall–Kier alpha value is -6.30. The molecule has 0 aliphatic carbocycles. The maximum Gasteiger partial charge on any atom is 0.349 e. The summed E-state index contributed by atoms with van der Waals surface area (Å²) in [6.07, 6.45) is -4.50. The number of carboxylic acid groups (broad SMARTS) is 1. The minimum atomic E-state index is -2.28. The van der Waals surface area contributed by atoms with Crippen LogP contribution in [0.4, 0.5) is 5.69 Å². The minimum Gasteiger partial charge on any atom is -0.478 e. The maximum absolute atomic E-state index is 13.2. The van der Waals surface area contributed by atoms with Gasteiger partial charge in [-0.2, -0.15) is 0 Å². The fraction of sp³-hybridized carbons (Fsp3) is 0.118. The summed E-state index contributed by atoms with van der Waals surface area (Å²) in [6.45, 7) is 3.57. The second-order valence-corrected chi connectivity index (χ2v) is 10.1. The third-order valence-electron chi connectivity index (χ3n) is 6.56. The zero-order valence-corrected chi connectivity index (χ0v) is 24.7. The van der Waals surface area contributed by atoms with E-state index in [1.54, 1.807) is 68.4 Å². The Morgan fingerprint density at radius 2 is 1.00 bits per heavy atom. The molecule has 12 heteroatoms. The molecule has 46 heavy (non-hydrogen) atoms. The van der Waals surface area contributed by atoms with Crippen molar-refractivity contribution in [3.8, 4) is 0 Å². The van der Waals surface area contributed by atoms with Crippen molar-refractivity contribution in [1.82, 2.24) is 10.9 Å². The molecule has 0 aliphatic rings. The van der Waals surface area contributed by atoms with Gasteiger partial charge in [0.1, 0.15) is 0 Å². The van der Waals surface area contributed by atoms with E-state index in [1.165, 1.54) is 48.5 Å². The van der Waals surface area contributed by atoms with Crippen molar-refractivity contribution in [2.24, 2.45) is 0 Å². The van der Waals surface area contributed by atoms with Gasteiger partial charge in [-0.1, -0.05) is 53.6 Å². The first-order chi connectivity index (χ1) is 22.0. The first-order valence-electron chi connectivity index (χ1n) is 13.9. The Balaban J connectivity index is 1.47. The number of hydrazine groups is 1. The molecule has 0 bridgehead atoms. The van der Waals surface area contributed by atoms with Crippen molar-refractivity contribution >= 4 is 41.3 Å². The van der Waals surface area contributed by atoms with E-state index in [9.17, 15) is 33.9 Å². The standard InChI is InChI=1S/C34H29N3O9/c1-20-8-12-24(13-9-20)33(43)45-27(28(32(41)42)46-34(44)25-14-10-21(2)11-15-25)31(40)37-36-30(39)23-16-18-26(19-17-23)35-29(38)22-6-4-3-5-7-22/h3-19,27-28H,1-2H3,(H,35,38)(H,36,39)(H,37,40)(H,41,42)/t27-,28-/m0/s1. The topological polar surface area (TPSA) is 177 Å². The molecule has 4 aromatic rings. The summed E-state index contributed by atoms with van der Waals surface area (Å²) in [7, 11) is 0. The van der Waals surface area contributed by atoms with Crippen LogP contribution in [0.1, 0.15) is 52.6 Å². The number of hydrogen-bond donors (Lipinski definition) is 4. The number of carbonyl (C=O) groups excluding carboxylic acids is 5. The van der Waals surface area contributed by atoms with Crippen molar-refractivity contribution in [2.45, 2.75) is 26.1 Å². The summed E-state index contributed by atoms with van der Waals surface area (Å²) in [5, 5.41) is 12.6. The first kappa shape index (κ1) is 32.6. The number of ether oxygens (including phenoxy) is 2. The third-order valence-corrected chi connectivity index (χ3v) is 6.56. The van der Waals surface area contributed by atoms with Gasteiger partial charge in [0.25, 0.3) is 17.7 Å². The SMILES string of the molecule is Cc1ccc(C(=O)O[C@H](C(=O)O)[C@H](OC(=O)c2ccc(C)cc2)C(=O)NNC(=O)c2ccc(NC(=O)c3ccccc3)cc2)cc1. The predicted molar refractivity (Wildman–Crippen MR) is 165 cm³/mol. The van der Waals surface area contributed by atoms with Crippen LogP contribution in [0.2, 0.25) is 0 Å². The lowest BCUT2D eigenvalue weighted by molar-refractivity contribution is -0.159. The molecule has 0 radical (unpaired) electrons. The molecule has 4 rings (SSSR count). The highest BCUT2D eigenvalue weighted by molar-refractivity contribution is 6.04. The van der Waals surface area contributed by atoms with Crippen molar-refractivity contribution in [1.29, 1.82) is 0 Å². The average molecular weight is 624 g/mol. The summed E-state index contributed by atoms with van der Waals surface area (Å²) >= 11 is 0. The van der Waals surface area contributed by atoms with E-state index in [1.807, 2.05) is 5.43 Å². The highest BCUT2D eigenvalue weighted by atomic mass is 16.6. The molecular formula is C34H29N3O9. The molecule has 0 aromatic heterocycles. The van der Waals surface area contributed by atoms with E-state index in [0.29, 0.717) is 11.3 Å². The van der Waals surface area contributed by atoms with Gasteiger partial charge in [0.2, 0.25) is 12.2 Å². The number of nitrogens with one attached hydrogen (secondary N) is 3. The third kappa shape index (κ3) is 8.63. The second kappa shape index (κ2) is 14.9. The average Bonchev–Trinajstić information content (AvgIpc) is 3.06. The van der Waals surface area contributed by atoms with Crippen LogP contribution in [-0.4, -0.2) is 52.9 Å². The van der Waals surface area contributed by atoms with Crippen LogP contribution in [0, 0.1) is 13.8 Å². The molecule has 4 N–H and O–H groups in total. The molecule has 0 heterocycles. The van der Waals surface area contributed by atoms with Gasteiger partial charge in [-0.3, -0.25) is 25.2 Å². The van der Waals surface area contributed by atoms with Gasteiger partial charge in [0, 0.05) is 16.8 Å². The van der Waals surface area contributed by atoms with Gasteiger partial charge in [0.05, 0.1) is 11.1 Å². The Kier molecular flexibility index (Phi) is 10.6. The van der Waals surface area contributed by atoms with Crippen molar-refractivity contribution in [3.05, 3.63) is 137 Å². The van der Waals surface area contributed by atoms with Crippen LogP contribution >= 0.6 is 0 Å². The monoisotopic (exact) mass is 623 g/mol. The van der Waals surface area contributed by atoms with Crippen LogP contribution in [0.3, 0.4) is 0 Å². The maximum atomic E-state index is 13.2. The number of esters is 2. The summed E-state index contributed by atoms with van der Waals surface area (Å²) in [5.74, 6) is -6.40. The van der Waals surface area contributed by atoms with E-state index in [0.717, 1.165) is 11.1 Å². The number of anilines is 1. The molecule has 0 fully saturated rings. The van der Waals surface area contributed by atoms with Crippen LogP contribution in [0.5, 0.6) is 0 Å². The Morgan fingerprint density at radius 1 is 0.543 bits per heavy atom. The van der Waals surface area contributed by atoms with Gasteiger partial charge in [-0.25, -0.2) is 14.4 Å². The number of carbonyl (C=O) groups is 6. The van der Waals surface area contributed by atoms with Gasteiger partial charge < -0.3 is 19.9 Å². The highest BCUT2D eigenvalue weighted by Gasteiger charge is 2.41. The van der Waals surface area contributed by atoms with Crippen molar-refractivity contribution in [2.75, 3.05) is 5.32 Å². The Labute approximate surface area is 263 Å². The van der Waals surface area contributed by atoms with E-state index in [2.05, 4.69) is 10.7 Å². The smallest absolute Gasteiger partial charge is 0.349 e. The number of carboxylic acids is 1. The van der Waals surface area contributed by atoms with Crippen LogP contribution in [0.25, 0.3) is 0 Å². The van der Waals surface area contributed by atoms with E-state index >= 15 is 0 Å². The van der Waals surface area contributed by atoms with E-state index < -0.39 is 41.9 Å². The number of benzene rings is 4. The second-order valence-electron chi connectivity index (χ2n) is 10.1. The highest BCUT2D eigenvalue weighted by Crippen LogP contribution is 2.15. The summed E-state index contributed by atoms with van der Waals surface area (Å²) in [4.78, 5) is 76.2. The van der Waals surface area contributed by atoms with Gasteiger partial charge >= 0.3 is 17.9 Å². The minimum absolute atomic E-state index is 0.000815. The van der Waals surface area contributed by atoms with Gasteiger partial charge in [-0.05, 0) is 74.5 Å². The van der Waals surface area contributed by atoms with Crippen molar-refractivity contribution in [3.63, 3.8) is 0 Å². The molecule has 234 valence electrons. The summed E-state index contributed by atoms with van der Waals surface area (Å²) in [6, 6.07) is 26.2. The van der Waals surface area contributed by atoms with Crippen LogP contribution in [-0.2, 0) is 19.1 Å². The fourth-order valence-electron chi connectivity index (χ4n) is 4.00. The van der Waals surface area contributed by atoms with Gasteiger partial charge in [-0.15, -0.1) is 0 Å². The van der Waals surface area contributed by atoms with Gasteiger partial charge in [0.15, 0.2) is 0 Å². The lowest BCUT2D eigenvalue weighted by Crippen LogP contribution is -2.54. The fourth-order valence-corrected chi connectivity index (χ4v) is 4.00. The molecule has 0 saturated heterocycles. The summed E-state index contributed by atoms with van der Waals surface area (Å²) < 4.78 is 10.4. The molecule has 0 spiro atoms. The molecule has 0 aliphatic heterocycles. The first-order valence-corrected chi connectivity index (χ1v) is 13.9. The molecule has 12 nitrogen and oxygen atoms in total.